The predicted octanol–water partition coefficient (Wildman–Crippen LogP) is 5.15. The molecule has 2 N–H and O–H groups in total. The highest BCUT2D eigenvalue weighted by molar-refractivity contribution is 6.04. The molecule has 0 unspecified atom stereocenters. The van der Waals surface area contributed by atoms with E-state index < -0.39 is 6.61 Å². The summed E-state index contributed by atoms with van der Waals surface area (Å²) in [5, 5.41) is 6.40. The van der Waals surface area contributed by atoms with Crippen molar-refractivity contribution in [3.8, 4) is 5.75 Å². The van der Waals surface area contributed by atoms with Crippen molar-refractivity contribution in [2.75, 3.05) is 5.32 Å². The number of rotatable bonds is 8. The zero-order valence-corrected chi connectivity index (χ0v) is 17.4. The number of carbonyl (C=O) groups is 2. The van der Waals surface area contributed by atoms with Crippen molar-refractivity contribution in [2.24, 2.45) is 0 Å². The van der Waals surface area contributed by atoms with Crippen LogP contribution in [0.25, 0.3) is 11.0 Å². The molecule has 0 fully saturated rings. The topological polar surface area (TPSA) is 80.6 Å². The third kappa shape index (κ3) is 5.94. The summed E-state index contributed by atoms with van der Waals surface area (Å²) < 4.78 is 34.2. The Balaban J connectivity index is 1.27. The highest BCUT2D eigenvalue weighted by atomic mass is 19.3. The number of hydrogen-bond acceptors (Lipinski definition) is 4. The number of carbonyl (C=O) groups excluding carboxylic acids is 2. The fourth-order valence-corrected chi connectivity index (χ4v) is 3.23. The number of benzene rings is 3. The summed E-state index contributed by atoms with van der Waals surface area (Å²) in [7, 11) is 0. The molecule has 3 aromatic carbocycles. The molecule has 4 rings (SSSR count). The number of halogens is 2. The molecule has 0 spiro atoms. The van der Waals surface area contributed by atoms with E-state index in [-0.39, 0.29) is 36.3 Å². The molecule has 0 saturated carbocycles. The number of amides is 2. The van der Waals surface area contributed by atoms with E-state index in [0.29, 0.717) is 11.3 Å². The Labute approximate surface area is 188 Å². The summed E-state index contributed by atoms with van der Waals surface area (Å²) in [5.41, 5.74) is 2.75. The van der Waals surface area contributed by atoms with Crippen molar-refractivity contribution in [3.05, 3.63) is 95.7 Å². The number of furan rings is 1. The van der Waals surface area contributed by atoms with Crippen molar-refractivity contribution < 1.29 is 27.5 Å². The highest BCUT2D eigenvalue weighted by Gasteiger charge is 2.12. The monoisotopic (exact) mass is 450 g/mol. The fraction of sp³-hybridized carbons (Fsp3) is 0.120. The van der Waals surface area contributed by atoms with Gasteiger partial charge in [-0.1, -0.05) is 42.5 Å². The summed E-state index contributed by atoms with van der Waals surface area (Å²) in [6.07, 6.45) is 0.157. The second kappa shape index (κ2) is 9.95. The van der Waals surface area contributed by atoms with E-state index in [2.05, 4.69) is 15.4 Å². The van der Waals surface area contributed by atoms with Crippen molar-refractivity contribution >= 4 is 28.5 Å². The van der Waals surface area contributed by atoms with Crippen molar-refractivity contribution in [1.82, 2.24) is 5.32 Å². The van der Waals surface area contributed by atoms with Crippen molar-refractivity contribution in [1.29, 1.82) is 0 Å². The van der Waals surface area contributed by atoms with Crippen LogP contribution >= 0.6 is 0 Å². The van der Waals surface area contributed by atoms with Gasteiger partial charge in [-0.25, -0.2) is 0 Å². The summed E-state index contributed by atoms with van der Waals surface area (Å²) in [6, 6.07) is 22.1. The maximum atomic E-state index is 12.4. The molecule has 0 aliphatic heterocycles. The van der Waals surface area contributed by atoms with E-state index >= 15 is 0 Å². The van der Waals surface area contributed by atoms with Gasteiger partial charge in [0.2, 0.25) is 5.91 Å². The number of para-hydroxylation sites is 1. The van der Waals surface area contributed by atoms with E-state index in [9.17, 15) is 18.4 Å². The Morgan fingerprint density at radius 3 is 2.30 bits per heavy atom. The standard InChI is InChI=1S/C25H20F2N2O4/c26-25(27)32-20-11-7-17(8-12-20)15-28-23(30)13-16-5-9-19(10-6-16)29-24(31)22-14-18-3-1-2-4-21(18)33-22/h1-12,14,25H,13,15H2,(H,28,30)(H,29,31). The van der Waals surface area contributed by atoms with Gasteiger partial charge in [0.05, 0.1) is 6.42 Å². The molecular formula is C25H20F2N2O4. The minimum atomic E-state index is -2.87. The van der Waals surface area contributed by atoms with Crippen LogP contribution in [0, 0.1) is 0 Å². The van der Waals surface area contributed by atoms with E-state index in [0.717, 1.165) is 16.5 Å². The number of anilines is 1. The molecular weight excluding hydrogens is 430 g/mol. The van der Waals surface area contributed by atoms with Crippen LogP contribution < -0.4 is 15.4 Å². The molecule has 0 aliphatic rings. The second-order valence-corrected chi connectivity index (χ2v) is 7.28. The van der Waals surface area contributed by atoms with Crippen LogP contribution in [0.3, 0.4) is 0 Å². The first-order valence-corrected chi connectivity index (χ1v) is 10.2. The largest absolute Gasteiger partial charge is 0.451 e. The quantitative estimate of drug-likeness (QED) is 0.389. The van der Waals surface area contributed by atoms with Crippen LogP contribution in [0.15, 0.2) is 83.3 Å². The Bertz CT molecular complexity index is 1220. The molecule has 0 saturated heterocycles. The first-order chi connectivity index (χ1) is 16.0. The Morgan fingerprint density at radius 1 is 0.909 bits per heavy atom. The van der Waals surface area contributed by atoms with Gasteiger partial charge < -0.3 is 19.8 Å². The lowest BCUT2D eigenvalue weighted by molar-refractivity contribution is -0.120. The maximum absolute atomic E-state index is 12.4. The molecule has 1 heterocycles. The lowest BCUT2D eigenvalue weighted by atomic mass is 10.1. The van der Waals surface area contributed by atoms with Gasteiger partial charge in [0.1, 0.15) is 11.3 Å². The minimum Gasteiger partial charge on any atom is -0.451 e. The highest BCUT2D eigenvalue weighted by Crippen LogP contribution is 2.20. The van der Waals surface area contributed by atoms with Gasteiger partial charge in [-0.05, 0) is 47.5 Å². The van der Waals surface area contributed by atoms with E-state index in [1.807, 2.05) is 18.2 Å². The number of ether oxygens (including phenoxy) is 1. The van der Waals surface area contributed by atoms with Crippen LogP contribution in [0.2, 0.25) is 0 Å². The van der Waals surface area contributed by atoms with E-state index in [4.69, 9.17) is 4.42 Å². The lowest BCUT2D eigenvalue weighted by Crippen LogP contribution is -2.24. The summed E-state index contributed by atoms with van der Waals surface area (Å²) >= 11 is 0. The maximum Gasteiger partial charge on any atom is 0.387 e. The predicted molar refractivity (Wildman–Crippen MR) is 119 cm³/mol. The van der Waals surface area contributed by atoms with Crippen LogP contribution in [0.4, 0.5) is 14.5 Å². The Kier molecular flexibility index (Phi) is 6.64. The number of fused-ring (bicyclic) bond motifs is 1. The molecule has 33 heavy (non-hydrogen) atoms. The average Bonchev–Trinajstić information content (AvgIpc) is 3.24. The summed E-state index contributed by atoms with van der Waals surface area (Å²) in [4.78, 5) is 24.6. The zero-order valence-electron chi connectivity index (χ0n) is 17.4. The van der Waals surface area contributed by atoms with Crippen LogP contribution in [-0.4, -0.2) is 18.4 Å². The molecule has 168 valence electrons. The fourth-order valence-electron chi connectivity index (χ4n) is 3.23. The second-order valence-electron chi connectivity index (χ2n) is 7.28. The normalized spacial score (nSPS) is 10.9. The molecule has 0 atom stereocenters. The summed E-state index contributed by atoms with van der Waals surface area (Å²) in [6.45, 7) is -2.61. The molecule has 0 aliphatic carbocycles. The molecule has 8 heteroatoms. The molecule has 6 nitrogen and oxygen atoms in total. The Hall–Kier alpha value is -4.20. The summed E-state index contributed by atoms with van der Waals surface area (Å²) in [5.74, 6) is -0.273. The van der Waals surface area contributed by atoms with Gasteiger partial charge in [-0.3, -0.25) is 9.59 Å². The molecule has 0 bridgehead atoms. The zero-order chi connectivity index (χ0) is 23.2. The first kappa shape index (κ1) is 22.0. The number of nitrogens with one attached hydrogen (secondary N) is 2. The lowest BCUT2D eigenvalue weighted by Gasteiger charge is -2.08. The smallest absolute Gasteiger partial charge is 0.387 e. The van der Waals surface area contributed by atoms with Gasteiger partial charge >= 0.3 is 6.61 Å². The number of alkyl halides is 2. The Morgan fingerprint density at radius 2 is 1.61 bits per heavy atom. The molecule has 4 aromatic rings. The van der Waals surface area contributed by atoms with Crippen LogP contribution in [0.1, 0.15) is 21.7 Å². The van der Waals surface area contributed by atoms with E-state index in [1.54, 1.807) is 48.5 Å². The number of hydrogen-bond donors (Lipinski definition) is 2. The third-order valence-electron chi connectivity index (χ3n) is 4.86. The van der Waals surface area contributed by atoms with Crippen LogP contribution in [0.5, 0.6) is 5.75 Å². The van der Waals surface area contributed by atoms with Gasteiger partial charge in [-0.2, -0.15) is 8.78 Å². The van der Waals surface area contributed by atoms with Gasteiger partial charge in [0.25, 0.3) is 5.91 Å². The van der Waals surface area contributed by atoms with E-state index in [1.165, 1.54) is 12.1 Å². The molecule has 1 aromatic heterocycles. The van der Waals surface area contributed by atoms with Gasteiger partial charge in [0.15, 0.2) is 5.76 Å². The van der Waals surface area contributed by atoms with Gasteiger partial charge in [0, 0.05) is 17.6 Å². The average molecular weight is 450 g/mol. The first-order valence-electron chi connectivity index (χ1n) is 10.2. The van der Waals surface area contributed by atoms with Crippen LogP contribution in [-0.2, 0) is 17.8 Å². The molecule has 0 radical (unpaired) electrons. The van der Waals surface area contributed by atoms with Crippen molar-refractivity contribution in [3.63, 3.8) is 0 Å². The third-order valence-corrected chi connectivity index (χ3v) is 4.86. The minimum absolute atomic E-state index is 0.0626. The van der Waals surface area contributed by atoms with Crippen molar-refractivity contribution in [2.45, 2.75) is 19.6 Å². The SMILES string of the molecule is O=C(Cc1ccc(NC(=O)c2cc3ccccc3o2)cc1)NCc1ccc(OC(F)F)cc1. The molecule has 2 amide bonds. The van der Waals surface area contributed by atoms with Gasteiger partial charge in [-0.15, -0.1) is 0 Å².